The first-order valence-corrected chi connectivity index (χ1v) is 3.07. The van der Waals surface area contributed by atoms with Crippen LogP contribution < -0.4 is 0 Å². The van der Waals surface area contributed by atoms with Crippen LogP contribution in [0.3, 0.4) is 0 Å². The molecule has 0 unspecified atom stereocenters. The number of hydrogen-bond acceptors (Lipinski definition) is 3. The molecule has 11 heavy (non-hydrogen) atoms. The molecular weight excluding hydrogens is 146 g/mol. The fourth-order valence-corrected chi connectivity index (χ4v) is 0.622. The van der Waals surface area contributed by atoms with E-state index in [1.54, 1.807) is 18.2 Å². The summed E-state index contributed by atoms with van der Waals surface area (Å²) in [6, 6.07) is 0. The monoisotopic (exact) mass is 153 g/mol. The lowest BCUT2D eigenvalue weighted by Gasteiger charge is -1.92. The van der Waals surface area contributed by atoms with E-state index in [-0.39, 0.29) is 6.42 Å². The Balaban J connectivity index is 2.58. The van der Waals surface area contributed by atoms with Gasteiger partial charge < -0.3 is 9.94 Å². The Labute approximate surface area is 63.5 Å². The molecule has 1 heterocycles. The van der Waals surface area contributed by atoms with Crippen molar-refractivity contribution in [1.29, 1.82) is 0 Å². The zero-order valence-corrected chi connectivity index (χ0v) is 5.73. The molecule has 0 radical (unpaired) electrons. The molecule has 4 nitrogen and oxygen atoms in total. The summed E-state index contributed by atoms with van der Waals surface area (Å²) in [5, 5.41) is 11.9. The van der Waals surface area contributed by atoms with Crippen LogP contribution in [-0.2, 0) is 9.63 Å². The van der Waals surface area contributed by atoms with Crippen LogP contribution in [-0.4, -0.2) is 16.8 Å². The minimum atomic E-state index is -0.918. The smallest absolute Gasteiger partial charge is 0.309 e. The van der Waals surface area contributed by atoms with Gasteiger partial charge in [-0.25, -0.2) is 0 Å². The standard InChI is InChI=1S/C7H7NO3/c9-7(10)5-6-3-1-2-4-11-8-6/h1-4H,5H2,(H,9,10). The largest absolute Gasteiger partial charge is 0.481 e. The van der Waals surface area contributed by atoms with Gasteiger partial charge in [0.05, 0.1) is 12.1 Å². The molecule has 0 aliphatic carbocycles. The second kappa shape index (κ2) is 3.55. The number of carboxylic acid groups (broad SMARTS) is 1. The maximum absolute atomic E-state index is 10.2. The molecule has 0 saturated heterocycles. The molecule has 0 fully saturated rings. The zero-order valence-electron chi connectivity index (χ0n) is 5.73. The quantitative estimate of drug-likeness (QED) is 0.641. The predicted molar refractivity (Wildman–Crippen MR) is 39.1 cm³/mol. The van der Waals surface area contributed by atoms with Crippen LogP contribution in [0.2, 0.25) is 0 Å². The Bertz CT molecular complexity index is 240. The minimum Gasteiger partial charge on any atom is -0.481 e. The molecule has 0 aromatic heterocycles. The number of oxime groups is 1. The lowest BCUT2D eigenvalue weighted by molar-refractivity contribution is -0.135. The highest BCUT2D eigenvalue weighted by Crippen LogP contribution is 1.96. The number of hydrogen-bond donors (Lipinski definition) is 1. The number of nitrogens with zero attached hydrogens (tertiary/aromatic N) is 1. The Morgan fingerprint density at radius 2 is 2.45 bits per heavy atom. The van der Waals surface area contributed by atoms with Crippen LogP contribution in [0, 0.1) is 0 Å². The van der Waals surface area contributed by atoms with Crippen LogP contribution in [0.1, 0.15) is 6.42 Å². The number of carbonyl (C=O) groups is 1. The van der Waals surface area contributed by atoms with Gasteiger partial charge in [0.25, 0.3) is 0 Å². The van der Waals surface area contributed by atoms with E-state index in [1.807, 2.05) is 0 Å². The van der Waals surface area contributed by atoms with E-state index in [9.17, 15) is 4.79 Å². The topological polar surface area (TPSA) is 58.9 Å². The van der Waals surface area contributed by atoms with E-state index in [1.165, 1.54) is 6.26 Å². The number of carboxylic acids is 1. The molecule has 0 spiro atoms. The Kier molecular flexibility index (Phi) is 2.43. The van der Waals surface area contributed by atoms with E-state index in [0.717, 1.165) is 0 Å². The molecule has 1 aliphatic heterocycles. The number of aliphatic carboxylic acids is 1. The summed E-state index contributed by atoms with van der Waals surface area (Å²) in [5.74, 6) is -0.918. The second-order valence-electron chi connectivity index (χ2n) is 1.95. The summed E-state index contributed by atoms with van der Waals surface area (Å²) in [4.78, 5) is 14.8. The van der Waals surface area contributed by atoms with Gasteiger partial charge in [-0.1, -0.05) is 11.2 Å². The number of rotatable bonds is 2. The predicted octanol–water partition coefficient (Wildman–Crippen LogP) is 0.917. The minimum absolute atomic E-state index is 0.113. The molecule has 0 bridgehead atoms. The van der Waals surface area contributed by atoms with Gasteiger partial charge in [-0.05, 0) is 12.2 Å². The van der Waals surface area contributed by atoms with Crippen LogP contribution in [0.25, 0.3) is 0 Å². The van der Waals surface area contributed by atoms with E-state index in [2.05, 4.69) is 9.99 Å². The van der Waals surface area contributed by atoms with E-state index in [0.29, 0.717) is 5.71 Å². The third-order valence-corrected chi connectivity index (χ3v) is 1.04. The fraction of sp³-hybridized carbons (Fsp3) is 0.143. The van der Waals surface area contributed by atoms with Gasteiger partial charge in [0.15, 0.2) is 0 Å². The van der Waals surface area contributed by atoms with Gasteiger partial charge in [-0.3, -0.25) is 4.79 Å². The first-order chi connectivity index (χ1) is 5.29. The SMILES string of the molecule is O=C(O)CC1=NOC=CC=C1. The van der Waals surface area contributed by atoms with Gasteiger partial charge >= 0.3 is 5.97 Å². The average Bonchev–Trinajstić information content (AvgIpc) is 2.14. The van der Waals surface area contributed by atoms with Crippen molar-refractivity contribution in [1.82, 2.24) is 0 Å². The highest BCUT2D eigenvalue weighted by atomic mass is 16.6. The molecule has 0 atom stereocenters. The van der Waals surface area contributed by atoms with Gasteiger partial charge in [0.2, 0.25) is 0 Å². The molecule has 0 amide bonds. The maximum atomic E-state index is 10.2. The van der Waals surface area contributed by atoms with Crippen molar-refractivity contribution in [2.45, 2.75) is 6.42 Å². The van der Waals surface area contributed by atoms with Gasteiger partial charge in [0.1, 0.15) is 6.26 Å². The summed E-state index contributed by atoms with van der Waals surface area (Å²) in [7, 11) is 0. The first kappa shape index (κ1) is 7.53. The molecule has 0 aromatic rings. The van der Waals surface area contributed by atoms with E-state index >= 15 is 0 Å². The van der Waals surface area contributed by atoms with Crippen LogP contribution in [0.15, 0.2) is 29.6 Å². The van der Waals surface area contributed by atoms with E-state index in [4.69, 9.17) is 5.11 Å². The van der Waals surface area contributed by atoms with Crippen LogP contribution in [0.5, 0.6) is 0 Å². The molecule has 4 heteroatoms. The van der Waals surface area contributed by atoms with Crippen LogP contribution >= 0.6 is 0 Å². The molecular formula is C7H7NO3. The maximum Gasteiger partial charge on any atom is 0.309 e. The Morgan fingerprint density at radius 3 is 3.18 bits per heavy atom. The van der Waals surface area contributed by atoms with Crippen molar-refractivity contribution in [3.63, 3.8) is 0 Å². The van der Waals surface area contributed by atoms with Gasteiger partial charge in [-0.15, -0.1) is 0 Å². The summed E-state index contributed by atoms with van der Waals surface area (Å²) in [5.41, 5.74) is 0.405. The average molecular weight is 153 g/mol. The third kappa shape index (κ3) is 2.66. The summed E-state index contributed by atoms with van der Waals surface area (Å²) < 4.78 is 0. The van der Waals surface area contributed by atoms with Crippen molar-refractivity contribution in [3.05, 3.63) is 24.5 Å². The molecule has 0 aromatic carbocycles. The lowest BCUT2D eigenvalue weighted by atomic mass is 10.2. The molecule has 1 rings (SSSR count). The zero-order chi connectivity index (χ0) is 8.10. The summed E-state index contributed by atoms with van der Waals surface area (Å²) in [6.45, 7) is 0. The third-order valence-electron chi connectivity index (χ3n) is 1.04. The molecule has 1 aliphatic rings. The lowest BCUT2D eigenvalue weighted by Crippen LogP contribution is -2.03. The summed E-state index contributed by atoms with van der Waals surface area (Å²) >= 11 is 0. The summed E-state index contributed by atoms with van der Waals surface area (Å²) in [6.07, 6.45) is 6.17. The highest BCUT2D eigenvalue weighted by molar-refractivity contribution is 6.04. The van der Waals surface area contributed by atoms with Gasteiger partial charge in [0, 0.05) is 0 Å². The van der Waals surface area contributed by atoms with E-state index < -0.39 is 5.97 Å². The number of allylic oxidation sites excluding steroid dienone is 3. The van der Waals surface area contributed by atoms with Crippen molar-refractivity contribution >= 4 is 11.7 Å². The highest BCUT2D eigenvalue weighted by Gasteiger charge is 2.02. The van der Waals surface area contributed by atoms with Crippen molar-refractivity contribution < 1.29 is 14.7 Å². The molecule has 0 saturated carbocycles. The Morgan fingerprint density at radius 1 is 1.64 bits per heavy atom. The van der Waals surface area contributed by atoms with Crippen molar-refractivity contribution in [2.24, 2.45) is 5.16 Å². The van der Waals surface area contributed by atoms with Crippen LogP contribution in [0.4, 0.5) is 0 Å². The van der Waals surface area contributed by atoms with Crippen molar-refractivity contribution in [2.75, 3.05) is 0 Å². The fourth-order valence-electron chi connectivity index (χ4n) is 0.622. The second-order valence-corrected chi connectivity index (χ2v) is 1.95. The molecule has 1 N–H and O–H groups in total. The van der Waals surface area contributed by atoms with Crippen molar-refractivity contribution in [3.8, 4) is 0 Å². The van der Waals surface area contributed by atoms with Gasteiger partial charge in [-0.2, -0.15) is 0 Å². The normalized spacial score (nSPS) is 15.1. The Hall–Kier alpha value is -1.58. The molecule has 58 valence electrons. The first-order valence-electron chi connectivity index (χ1n) is 3.07.